The summed E-state index contributed by atoms with van der Waals surface area (Å²) in [7, 11) is 0. The number of amides is 2. The van der Waals surface area contributed by atoms with Gasteiger partial charge in [-0.3, -0.25) is 14.4 Å². The summed E-state index contributed by atoms with van der Waals surface area (Å²) < 4.78 is 10.7. The zero-order valence-corrected chi connectivity index (χ0v) is 18.6. The number of aryl methyl sites for hydroxylation is 2. The van der Waals surface area contributed by atoms with Gasteiger partial charge in [0.1, 0.15) is 11.5 Å². The van der Waals surface area contributed by atoms with Crippen LogP contribution in [-0.2, 0) is 19.1 Å². The fraction of sp³-hybridized carbons (Fsp3) is 0.192. The van der Waals surface area contributed by atoms with Crippen LogP contribution in [0.15, 0.2) is 72.8 Å². The first-order valence-corrected chi connectivity index (χ1v) is 10.5. The number of anilines is 2. The van der Waals surface area contributed by atoms with Gasteiger partial charge >= 0.3 is 5.97 Å². The van der Waals surface area contributed by atoms with Gasteiger partial charge in [0, 0.05) is 17.8 Å². The van der Waals surface area contributed by atoms with E-state index in [0.717, 1.165) is 11.3 Å². The normalized spacial score (nSPS) is 10.2. The summed E-state index contributed by atoms with van der Waals surface area (Å²) in [6.45, 7) is 3.66. The molecule has 2 N–H and O–H groups in total. The Hall–Kier alpha value is -4.13. The van der Waals surface area contributed by atoms with E-state index in [1.807, 2.05) is 38.1 Å². The molecule has 0 atom stereocenters. The van der Waals surface area contributed by atoms with Crippen molar-refractivity contribution >= 4 is 29.2 Å². The Labute approximate surface area is 192 Å². The molecule has 33 heavy (non-hydrogen) atoms. The number of hydrogen-bond donors (Lipinski definition) is 2. The van der Waals surface area contributed by atoms with Crippen molar-refractivity contribution in [2.75, 3.05) is 17.2 Å². The molecule has 0 saturated heterocycles. The predicted molar refractivity (Wildman–Crippen MR) is 126 cm³/mol. The van der Waals surface area contributed by atoms with E-state index in [2.05, 4.69) is 10.6 Å². The summed E-state index contributed by atoms with van der Waals surface area (Å²) in [6, 6.07) is 21.7. The average Bonchev–Trinajstić information content (AvgIpc) is 2.81. The lowest BCUT2D eigenvalue weighted by Crippen LogP contribution is -2.21. The van der Waals surface area contributed by atoms with Gasteiger partial charge in [-0.15, -0.1) is 0 Å². The number of esters is 1. The van der Waals surface area contributed by atoms with Crippen LogP contribution in [-0.4, -0.2) is 24.4 Å². The van der Waals surface area contributed by atoms with Crippen LogP contribution in [0.5, 0.6) is 11.5 Å². The summed E-state index contributed by atoms with van der Waals surface area (Å²) >= 11 is 0. The van der Waals surface area contributed by atoms with Crippen molar-refractivity contribution in [3.63, 3.8) is 0 Å². The lowest BCUT2D eigenvalue weighted by molar-refractivity contribution is -0.147. The quantitative estimate of drug-likeness (QED) is 0.451. The number of benzene rings is 3. The van der Waals surface area contributed by atoms with Gasteiger partial charge in [0.2, 0.25) is 5.91 Å². The van der Waals surface area contributed by atoms with E-state index < -0.39 is 18.5 Å². The van der Waals surface area contributed by atoms with Crippen LogP contribution in [0.1, 0.15) is 24.0 Å². The van der Waals surface area contributed by atoms with Gasteiger partial charge in [0.15, 0.2) is 6.61 Å². The molecule has 7 nitrogen and oxygen atoms in total. The second-order valence-electron chi connectivity index (χ2n) is 7.50. The second-order valence-corrected chi connectivity index (χ2v) is 7.50. The molecular formula is C26H26N2O5. The fourth-order valence-electron chi connectivity index (χ4n) is 2.90. The molecule has 0 bridgehead atoms. The number of rotatable bonds is 9. The van der Waals surface area contributed by atoms with Crippen molar-refractivity contribution in [3.05, 3.63) is 83.9 Å². The lowest BCUT2D eigenvalue weighted by Gasteiger charge is -2.10. The largest absolute Gasteiger partial charge is 0.457 e. The molecule has 0 aromatic heterocycles. The number of carbonyl (C=O) groups is 3. The molecule has 0 saturated carbocycles. The van der Waals surface area contributed by atoms with Crippen LogP contribution >= 0.6 is 0 Å². The topological polar surface area (TPSA) is 93.7 Å². The zero-order valence-electron chi connectivity index (χ0n) is 18.6. The number of hydrogen-bond acceptors (Lipinski definition) is 5. The third kappa shape index (κ3) is 7.81. The monoisotopic (exact) mass is 446 g/mol. The first-order valence-electron chi connectivity index (χ1n) is 10.5. The Kier molecular flexibility index (Phi) is 8.18. The van der Waals surface area contributed by atoms with Gasteiger partial charge in [0.25, 0.3) is 5.91 Å². The van der Waals surface area contributed by atoms with Gasteiger partial charge in [-0.25, -0.2) is 0 Å². The third-order valence-electron chi connectivity index (χ3n) is 4.83. The van der Waals surface area contributed by atoms with E-state index in [1.54, 1.807) is 48.5 Å². The molecule has 0 aliphatic rings. The first kappa shape index (κ1) is 23.5. The maximum absolute atomic E-state index is 12.1. The second kappa shape index (κ2) is 11.5. The van der Waals surface area contributed by atoms with E-state index in [-0.39, 0.29) is 18.7 Å². The van der Waals surface area contributed by atoms with Gasteiger partial charge in [-0.2, -0.15) is 0 Å². The number of carbonyl (C=O) groups excluding carboxylic acids is 3. The SMILES string of the molecule is Cc1ccc(Oc2ccc(NC(=O)CCC(=O)OCC(=O)Nc3ccccc3)cc2)cc1C. The maximum Gasteiger partial charge on any atom is 0.306 e. The third-order valence-corrected chi connectivity index (χ3v) is 4.83. The minimum absolute atomic E-state index is 0.0555. The Morgan fingerprint density at radius 2 is 1.33 bits per heavy atom. The predicted octanol–water partition coefficient (Wildman–Crippen LogP) is 5.00. The highest BCUT2D eigenvalue weighted by molar-refractivity contribution is 5.94. The molecule has 0 radical (unpaired) electrons. The van der Waals surface area contributed by atoms with Crippen LogP contribution in [0.25, 0.3) is 0 Å². The minimum atomic E-state index is -0.620. The Balaban J connectivity index is 1.38. The molecule has 3 aromatic carbocycles. The van der Waals surface area contributed by atoms with Crippen molar-refractivity contribution in [2.45, 2.75) is 26.7 Å². The van der Waals surface area contributed by atoms with Crippen molar-refractivity contribution in [1.82, 2.24) is 0 Å². The van der Waals surface area contributed by atoms with Gasteiger partial charge in [-0.05, 0) is 73.5 Å². The summed E-state index contributed by atoms with van der Waals surface area (Å²) in [5.41, 5.74) is 3.54. The molecule has 0 heterocycles. The molecule has 0 spiro atoms. The van der Waals surface area contributed by atoms with E-state index in [9.17, 15) is 14.4 Å². The van der Waals surface area contributed by atoms with Crippen molar-refractivity contribution in [3.8, 4) is 11.5 Å². The van der Waals surface area contributed by atoms with Crippen LogP contribution < -0.4 is 15.4 Å². The van der Waals surface area contributed by atoms with Crippen LogP contribution in [0.3, 0.4) is 0 Å². The van der Waals surface area contributed by atoms with Crippen LogP contribution in [0, 0.1) is 13.8 Å². The van der Waals surface area contributed by atoms with E-state index in [0.29, 0.717) is 17.1 Å². The number of nitrogens with one attached hydrogen (secondary N) is 2. The van der Waals surface area contributed by atoms with Gasteiger partial charge in [0.05, 0.1) is 6.42 Å². The highest BCUT2D eigenvalue weighted by Crippen LogP contribution is 2.25. The van der Waals surface area contributed by atoms with Gasteiger partial charge < -0.3 is 20.1 Å². The Morgan fingerprint density at radius 3 is 2.03 bits per heavy atom. The molecule has 2 amide bonds. The van der Waals surface area contributed by atoms with Crippen molar-refractivity contribution < 1.29 is 23.9 Å². The molecule has 3 aromatic rings. The minimum Gasteiger partial charge on any atom is -0.457 e. The van der Waals surface area contributed by atoms with Crippen molar-refractivity contribution in [2.24, 2.45) is 0 Å². The molecule has 0 aliphatic carbocycles. The standard InChI is InChI=1S/C26H26N2O5/c1-18-8-11-23(16-19(18)2)33-22-12-9-21(10-13-22)27-24(29)14-15-26(31)32-17-25(30)28-20-6-4-3-5-7-20/h3-13,16H,14-15,17H2,1-2H3,(H,27,29)(H,28,30). The highest BCUT2D eigenvalue weighted by Gasteiger charge is 2.11. The summed E-state index contributed by atoms with van der Waals surface area (Å²) in [6.07, 6.45) is -0.182. The molecule has 0 aliphatic heterocycles. The molecule has 0 unspecified atom stereocenters. The zero-order chi connectivity index (χ0) is 23.6. The highest BCUT2D eigenvalue weighted by atomic mass is 16.5. The maximum atomic E-state index is 12.1. The average molecular weight is 447 g/mol. The summed E-state index contributed by atoms with van der Waals surface area (Å²) in [5, 5.41) is 5.33. The van der Waals surface area contributed by atoms with E-state index in [1.165, 1.54) is 5.56 Å². The first-order chi connectivity index (χ1) is 15.9. The summed E-state index contributed by atoms with van der Waals surface area (Å²) in [4.78, 5) is 35.7. The molecule has 7 heteroatoms. The molecule has 170 valence electrons. The lowest BCUT2D eigenvalue weighted by atomic mass is 10.1. The Morgan fingerprint density at radius 1 is 0.697 bits per heavy atom. The van der Waals surface area contributed by atoms with Gasteiger partial charge in [-0.1, -0.05) is 24.3 Å². The van der Waals surface area contributed by atoms with Crippen molar-refractivity contribution in [1.29, 1.82) is 0 Å². The van der Waals surface area contributed by atoms with Crippen LogP contribution in [0.4, 0.5) is 11.4 Å². The molecular weight excluding hydrogens is 420 g/mol. The number of para-hydroxylation sites is 1. The number of ether oxygens (including phenoxy) is 2. The molecule has 0 fully saturated rings. The smallest absolute Gasteiger partial charge is 0.306 e. The van der Waals surface area contributed by atoms with E-state index >= 15 is 0 Å². The molecule has 3 rings (SSSR count). The van der Waals surface area contributed by atoms with Crippen LogP contribution in [0.2, 0.25) is 0 Å². The fourth-order valence-corrected chi connectivity index (χ4v) is 2.90. The van der Waals surface area contributed by atoms with E-state index in [4.69, 9.17) is 9.47 Å². The summed E-state index contributed by atoms with van der Waals surface area (Å²) in [5.74, 6) is -0.00409. The Bertz CT molecular complexity index is 1110.